The van der Waals surface area contributed by atoms with Gasteiger partial charge in [0, 0.05) is 16.6 Å². The number of benzene rings is 2. The molecule has 0 saturated carbocycles. The Balaban J connectivity index is 1.57. The number of aliphatic carboxylic acids is 1. The van der Waals surface area contributed by atoms with Gasteiger partial charge in [0.1, 0.15) is 23.6 Å². The van der Waals surface area contributed by atoms with E-state index in [1.807, 2.05) is 54.6 Å². The summed E-state index contributed by atoms with van der Waals surface area (Å²) in [6, 6.07) is 17.3. The molecule has 10 nitrogen and oxygen atoms in total. The number of nitrogens with zero attached hydrogens (tertiary/aromatic N) is 3. The molecule has 1 aliphatic rings. The molecule has 2 amide bonds. The summed E-state index contributed by atoms with van der Waals surface area (Å²) in [5.74, 6) is -3.23. The molecule has 0 aliphatic carbocycles. The fraction of sp³-hybridized carbons (Fsp3) is 0.148. The van der Waals surface area contributed by atoms with E-state index in [4.69, 9.17) is 5.11 Å². The Hall–Kier alpha value is -4.77. The Morgan fingerprint density at radius 3 is 2.50 bits per heavy atom. The second-order valence-corrected chi connectivity index (χ2v) is 9.44. The minimum absolute atomic E-state index is 0.0316. The number of aromatic nitrogens is 2. The summed E-state index contributed by atoms with van der Waals surface area (Å²) < 4.78 is 1.36. The van der Waals surface area contributed by atoms with E-state index in [1.165, 1.54) is 26.3 Å². The van der Waals surface area contributed by atoms with Crippen LogP contribution in [0.15, 0.2) is 70.3 Å². The summed E-state index contributed by atoms with van der Waals surface area (Å²) in [6.45, 7) is -0.659. The van der Waals surface area contributed by atoms with Crippen LogP contribution >= 0.6 is 11.3 Å². The van der Waals surface area contributed by atoms with Crippen LogP contribution in [0.5, 0.6) is 5.75 Å². The van der Waals surface area contributed by atoms with E-state index in [-0.39, 0.29) is 36.8 Å². The van der Waals surface area contributed by atoms with Gasteiger partial charge < -0.3 is 25.0 Å². The lowest BCUT2D eigenvalue weighted by atomic mass is 10.0. The Kier molecular flexibility index (Phi) is 6.75. The van der Waals surface area contributed by atoms with Gasteiger partial charge in [0.05, 0.1) is 25.1 Å². The smallest absolute Gasteiger partial charge is 0.322 e. The van der Waals surface area contributed by atoms with Crippen LogP contribution in [-0.2, 0) is 24.4 Å². The number of hydrogen-bond acceptors (Lipinski definition) is 7. The molecule has 192 valence electrons. The molecule has 11 heteroatoms. The maximum Gasteiger partial charge on any atom is 0.322 e. The number of carbonyl (C=O) groups is 3. The number of carbonyl (C=O) groups excluding carboxylic acids is 2. The first-order valence-corrected chi connectivity index (χ1v) is 12.6. The van der Waals surface area contributed by atoms with Crippen LogP contribution in [-0.4, -0.2) is 49.0 Å². The molecule has 0 atom stereocenters. The fourth-order valence-electron chi connectivity index (χ4n) is 4.49. The lowest BCUT2D eigenvalue weighted by Gasteiger charge is -2.16. The topological polar surface area (TPSA) is 142 Å². The van der Waals surface area contributed by atoms with Crippen molar-refractivity contribution in [3.8, 4) is 16.9 Å². The van der Waals surface area contributed by atoms with Crippen LogP contribution in [0, 0.1) is 0 Å². The van der Waals surface area contributed by atoms with Crippen LogP contribution in [0.25, 0.3) is 11.1 Å². The lowest BCUT2D eigenvalue weighted by Crippen LogP contribution is -2.37. The number of thiazole rings is 1. The van der Waals surface area contributed by atoms with Crippen LogP contribution in [0.2, 0.25) is 0 Å². The summed E-state index contributed by atoms with van der Waals surface area (Å²) in [7, 11) is 0. The Labute approximate surface area is 220 Å². The van der Waals surface area contributed by atoms with E-state index >= 15 is 0 Å². The zero-order chi connectivity index (χ0) is 26.8. The van der Waals surface area contributed by atoms with Gasteiger partial charge in [0.15, 0.2) is 0 Å². The standard InChI is InChI=1S/C27H22N4O6S/c32-22(33)10-28-25(35)23-24(34)19-12-30(26(36)20-14-38-15-29-20)13-21(19)31(27(23)37)11-16-5-4-8-18(9-16)17-6-2-1-3-7-17/h1-9,14-15,34H,10-13H2,(H,28,35)(H,32,33). The third-order valence-electron chi connectivity index (χ3n) is 6.29. The molecule has 0 unspecified atom stereocenters. The van der Waals surface area contributed by atoms with E-state index < -0.39 is 35.3 Å². The van der Waals surface area contributed by atoms with E-state index in [0.29, 0.717) is 5.69 Å². The lowest BCUT2D eigenvalue weighted by molar-refractivity contribution is -0.135. The van der Waals surface area contributed by atoms with Gasteiger partial charge in [-0.1, -0.05) is 48.5 Å². The van der Waals surface area contributed by atoms with Gasteiger partial charge in [-0.05, 0) is 22.8 Å². The molecular formula is C27H22N4O6S. The van der Waals surface area contributed by atoms with Gasteiger partial charge >= 0.3 is 5.97 Å². The van der Waals surface area contributed by atoms with Gasteiger partial charge in [0.2, 0.25) is 0 Å². The van der Waals surface area contributed by atoms with E-state index in [2.05, 4.69) is 10.3 Å². The third kappa shape index (κ3) is 4.78. The molecule has 1 aliphatic heterocycles. The predicted octanol–water partition coefficient (Wildman–Crippen LogP) is 2.70. The molecule has 0 spiro atoms. The minimum atomic E-state index is -1.29. The van der Waals surface area contributed by atoms with Crippen molar-refractivity contribution in [2.45, 2.75) is 19.6 Å². The first kappa shape index (κ1) is 24.9. The summed E-state index contributed by atoms with van der Waals surface area (Å²) in [5, 5.41) is 23.7. The summed E-state index contributed by atoms with van der Waals surface area (Å²) >= 11 is 1.27. The molecule has 0 bridgehead atoms. The molecule has 5 rings (SSSR count). The molecular weight excluding hydrogens is 508 g/mol. The molecule has 2 aromatic carbocycles. The average Bonchev–Trinajstić information content (AvgIpc) is 3.61. The van der Waals surface area contributed by atoms with E-state index in [1.54, 1.807) is 5.38 Å². The monoisotopic (exact) mass is 530 g/mol. The van der Waals surface area contributed by atoms with Crippen LogP contribution in [0.1, 0.15) is 37.7 Å². The van der Waals surface area contributed by atoms with Crippen molar-refractivity contribution >= 4 is 29.1 Å². The first-order chi connectivity index (χ1) is 18.3. The van der Waals surface area contributed by atoms with Crippen molar-refractivity contribution in [1.82, 2.24) is 19.8 Å². The van der Waals surface area contributed by atoms with Gasteiger partial charge in [-0.2, -0.15) is 0 Å². The van der Waals surface area contributed by atoms with E-state index in [0.717, 1.165) is 16.7 Å². The Morgan fingerprint density at radius 2 is 1.79 bits per heavy atom. The third-order valence-corrected chi connectivity index (χ3v) is 6.87. The quantitative estimate of drug-likeness (QED) is 0.334. The highest BCUT2D eigenvalue weighted by Gasteiger charge is 2.34. The number of hydrogen-bond donors (Lipinski definition) is 3. The zero-order valence-corrected chi connectivity index (χ0v) is 20.8. The highest BCUT2D eigenvalue weighted by molar-refractivity contribution is 7.07. The molecule has 3 heterocycles. The molecule has 0 fully saturated rings. The summed E-state index contributed by atoms with van der Waals surface area (Å²) in [5.41, 5.74) is 3.79. The van der Waals surface area contributed by atoms with Crippen LogP contribution < -0.4 is 10.9 Å². The number of pyridine rings is 1. The number of aromatic hydroxyl groups is 1. The molecule has 38 heavy (non-hydrogen) atoms. The van der Waals surface area contributed by atoms with Crippen molar-refractivity contribution in [2.75, 3.05) is 6.54 Å². The van der Waals surface area contributed by atoms with Crippen molar-refractivity contribution in [1.29, 1.82) is 0 Å². The second-order valence-electron chi connectivity index (χ2n) is 8.72. The maximum atomic E-state index is 13.6. The molecule has 0 radical (unpaired) electrons. The maximum absolute atomic E-state index is 13.6. The van der Waals surface area contributed by atoms with Crippen molar-refractivity contribution < 1.29 is 24.6 Å². The van der Waals surface area contributed by atoms with Gasteiger partial charge in [-0.25, -0.2) is 4.98 Å². The Bertz CT molecular complexity index is 1600. The van der Waals surface area contributed by atoms with E-state index in [9.17, 15) is 24.3 Å². The van der Waals surface area contributed by atoms with Gasteiger partial charge in [0.25, 0.3) is 17.4 Å². The number of carboxylic acid groups (broad SMARTS) is 1. The number of nitrogens with one attached hydrogen (secondary N) is 1. The van der Waals surface area contributed by atoms with Crippen molar-refractivity contribution in [3.63, 3.8) is 0 Å². The number of carboxylic acids is 1. The molecule has 2 aromatic heterocycles. The largest absolute Gasteiger partial charge is 0.506 e. The van der Waals surface area contributed by atoms with Crippen molar-refractivity contribution in [2.24, 2.45) is 0 Å². The SMILES string of the molecule is O=C(O)CNC(=O)c1c(O)c2c(n(Cc3cccc(-c4ccccc4)c3)c1=O)CN(C(=O)c1cscn1)C2. The van der Waals surface area contributed by atoms with Gasteiger partial charge in [-0.3, -0.25) is 19.2 Å². The van der Waals surface area contributed by atoms with Crippen molar-refractivity contribution in [3.05, 3.63) is 104 Å². The second kappa shape index (κ2) is 10.3. The highest BCUT2D eigenvalue weighted by Crippen LogP contribution is 2.33. The minimum Gasteiger partial charge on any atom is -0.506 e. The predicted molar refractivity (Wildman–Crippen MR) is 139 cm³/mol. The molecule has 3 N–H and O–H groups in total. The average molecular weight is 531 g/mol. The number of amides is 2. The Morgan fingerprint density at radius 1 is 1.03 bits per heavy atom. The van der Waals surface area contributed by atoms with Crippen LogP contribution in [0.3, 0.4) is 0 Å². The normalized spacial score (nSPS) is 12.3. The summed E-state index contributed by atoms with van der Waals surface area (Å²) in [6.07, 6.45) is 0. The fourth-order valence-corrected chi connectivity index (χ4v) is 5.01. The van der Waals surface area contributed by atoms with Crippen LogP contribution in [0.4, 0.5) is 0 Å². The molecule has 0 saturated heterocycles. The summed E-state index contributed by atoms with van der Waals surface area (Å²) in [4.78, 5) is 55.8. The number of rotatable bonds is 7. The first-order valence-electron chi connectivity index (χ1n) is 11.6. The van der Waals surface area contributed by atoms with Gasteiger partial charge in [-0.15, -0.1) is 11.3 Å². The zero-order valence-electron chi connectivity index (χ0n) is 20.0. The number of fused-ring (bicyclic) bond motifs is 1. The molecule has 4 aromatic rings. The highest BCUT2D eigenvalue weighted by atomic mass is 32.1.